The van der Waals surface area contributed by atoms with Crippen LogP contribution in [0, 0.1) is 19.8 Å². The molecule has 126 valence electrons. The van der Waals surface area contributed by atoms with Crippen molar-refractivity contribution in [3.05, 3.63) is 34.2 Å². The van der Waals surface area contributed by atoms with Gasteiger partial charge in [-0.2, -0.15) is 0 Å². The first-order valence-corrected chi connectivity index (χ1v) is 9.96. The average molecular weight is 340 g/mol. The standard InChI is InChI=1S/C20H24N2OS/c1-12-3-4-15-11-16(24-17(15)13(12)2)19(23)21-18-14-5-9-22(10-6-14)20(18)7-8-20/h3-4,11,14,18H,5-10H2,1-2H3,(H,21,23)/t18-/m0/s1. The number of thiophene rings is 1. The minimum Gasteiger partial charge on any atom is -0.346 e. The zero-order valence-corrected chi connectivity index (χ0v) is 15.2. The lowest BCUT2D eigenvalue weighted by molar-refractivity contribution is -0.00138. The first-order chi connectivity index (χ1) is 11.6. The van der Waals surface area contributed by atoms with E-state index in [1.807, 2.05) is 0 Å². The van der Waals surface area contributed by atoms with Crippen LogP contribution < -0.4 is 5.32 Å². The molecule has 4 aliphatic rings. The number of hydrogen-bond acceptors (Lipinski definition) is 3. The number of hydrogen-bond donors (Lipinski definition) is 1. The van der Waals surface area contributed by atoms with Gasteiger partial charge in [-0.25, -0.2) is 0 Å². The zero-order chi connectivity index (χ0) is 16.5. The Morgan fingerprint density at radius 2 is 2.00 bits per heavy atom. The molecule has 0 radical (unpaired) electrons. The summed E-state index contributed by atoms with van der Waals surface area (Å²) in [5.74, 6) is 0.818. The van der Waals surface area contributed by atoms with Crippen molar-refractivity contribution in [1.29, 1.82) is 0 Å². The van der Waals surface area contributed by atoms with Gasteiger partial charge in [0.05, 0.1) is 10.9 Å². The Morgan fingerprint density at radius 1 is 1.25 bits per heavy atom. The van der Waals surface area contributed by atoms with E-state index in [0.717, 1.165) is 4.88 Å². The first-order valence-electron chi connectivity index (χ1n) is 9.14. The molecule has 1 N–H and O–H groups in total. The summed E-state index contributed by atoms with van der Waals surface area (Å²) >= 11 is 1.65. The van der Waals surface area contributed by atoms with Gasteiger partial charge in [-0.05, 0) is 81.1 Å². The van der Waals surface area contributed by atoms with Crippen LogP contribution in [0.5, 0.6) is 0 Å². The summed E-state index contributed by atoms with van der Waals surface area (Å²) in [4.78, 5) is 16.5. The first kappa shape index (κ1) is 14.9. The minimum absolute atomic E-state index is 0.137. The highest BCUT2D eigenvalue weighted by molar-refractivity contribution is 7.21. The number of amides is 1. The molecule has 1 saturated carbocycles. The van der Waals surface area contributed by atoms with Crippen molar-refractivity contribution < 1.29 is 4.79 Å². The largest absolute Gasteiger partial charge is 0.346 e. The Labute approximate surface area is 147 Å². The van der Waals surface area contributed by atoms with Gasteiger partial charge >= 0.3 is 0 Å². The Hall–Kier alpha value is -1.39. The lowest BCUT2D eigenvalue weighted by Gasteiger charge is -2.52. The van der Waals surface area contributed by atoms with Crippen molar-refractivity contribution >= 4 is 27.3 Å². The predicted molar refractivity (Wildman–Crippen MR) is 98.8 cm³/mol. The molecule has 1 atom stereocenters. The van der Waals surface area contributed by atoms with Gasteiger partial charge in [0, 0.05) is 10.2 Å². The second kappa shape index (κ2) is 5.06. The van der Waals surface area contributed by atoms with Gasteiger partial charge in [0.25, 0.3) is 5.91 Å². The molecule has 4 heterocycles. The molecule has 2 bridgehead atoms. The number of fused-ring (bicyclic) bond motifs is 3. The Morgan fingerprint density at radius 3 is 2.71 bits per heavy atom. The summed E-state index contributed by atoms with van der Waals surface area (Å²) in [5.41, 5.74) is 2.91. The second-order valence-corrected chi connectivity index (χ2v) is 8.97. The molecule has 4 fully saturated rings. The van der Waals surface area contributed by atoms with Crippen LogP contribution in [0.4, 0.5) is 0 Å². The molecule has 1 aromatic carbocycles. The highest BCUT2D eigenvalue weighted by atomic mass is 32.1. The van der Waals surface area contributed by atoms with E-state index in [-0.39, 0.29) is 5.91 Å². The molecule has 6 rings (SSSR count). The molecule has 3 aliphatic heterocycles. The number of piperidine rings is 3. The van der Waals surface area contributed by atoms with Gasteiger partial charge in [-0.3, -0.25) is 9.69 Å². The molecular formula is C20H24N2OS. The molecule has 3 saturated heterocycles. The number of nitrogens with zero attached hydrogens (tertiary/aromatic N) is 1. The maximum Gasteiger partial charge on any atom is 0.261 e. The molecule has 1 aliphatic carbocycles. The van der Waals surface area contributed by atoms with Crippen molar-refractivity contribution in [1.82, 2.24) is 10.2 Å². The Kier molecular flexibility index (Phi) is 3.14. The molecule has 0 unspecified atom stereocenters. The van der Waals surface area contributed by atoms with Crippen LogP contribution in [-0.2, 0) is 0 Å². The summed E-state index contributed by atoms with van der Waals surface area (Å²) < 4.78 is 1.26. The fraction of sp³-hybridized carbons (Fsp3) is 0.550. The molecule has 4 heteroatoms. The third-order valence-corrected chi connectivity index (χ3v) is 7.97. The lowest BCUT2D eigenvalue weighted by Crippen LogP contribution is -2.65. The highest BCUT2D eigenvalue weighted by Gasteiger charge is 2.60. The van der Waals surface area contributed by atoms with Gasteiger partial charge in [0.15, 0.2) is 0 Å². The van der Waals surface area contributed by atoms with Crippen molar-refractivity contribution in [2.75, 3.05) is 13.1 Å². The van der Waals surface area contributed by atoms with E-state index in [0.29, 0.717) is 17.5 Å². The fourth-order valence-corrected chi connectivity index (χ4v) is 6.10. The third-order valence-electron chi connectivity index (χ3n) is 6.70. The van der Waals surface area contributed by atoms with E-state index >= 15 is 0 Å². The van der Waals surface area contributed by atoms with E-state index in [9.17, 15) is 4.79 Å². The van der Waals surface area contributed by atoms with Crippen molar-refractivity contribution in [2.24, 2.45) is 5.92 Å². The van der Waals surface area contributed by atoms with Gasteiger partial charge in [-0.15, -0.1) is 11.3 Å². The molecule has 1 amide bonds. The predicted octanol–water partition coefficient (Wildman–Crippen LogP) is 3.87. The topological polar surface area (TPSA) is 32.3 Å². The van der Waals surface area contributed by atoms with Gasteiger partial charge in [0.2, 0.25) is 0 Å². The second-order valence-electron chi connectivity index (χ2n) is 7.92. The quantitative estimate of drug-likeness (QED) is 0.900. The molecule has 1 spiro atoms. The van der Waals surface area contributed by atoms with Crippen LogP contribution >= 0.6 is 11.3 Å². The maximum absolute atomic E-state index is 13.0. The van der Waals surface area contributed by atoms with Gasteiger partial charge in [-0.1, -0.05) is 12.1 Å². The molecule has 1 aromatic heterocycles. The van der Waals surface area contributed by atoms with Gasteiger partial charge < -0.3 is 5.32 Å². The third kappa shape index (κ3) is 2.02. The van der Waals surface area contributed by atoms with E-state index in [1.165, 1.54) is 60.0 Å². The molecule has 3 nitrogen and oxygen atoms in total. The Balaban J connectivity index is 1.44. The van der Waals surface area contributed by atoms with E-state index in [2.05, 4.69) is 42.3 Å². The van der Waals surface area contributed by atoms with Crippen LogP contribution in [0.2, 0.25) is 0 Å². The van der Waals surface area contributed by atoms with Crippen molar-refractivity contribution in [3.63, 3.8) is 0 Å². The van der Waals surface area contributed by atoms with E-state index < -0.39 is 0 Å². The summed E-state index contributed by atoms with van der Waals surface area (Å²) in [7, 11) is 0. The highest BCUT2D eigenvalue weighted by Crippen LogP contribution is 2.53. The maximum atomic E-state index is 13.0. The van der Waals surface area contributed by atoms with Crippen LogP contribution in [0.25, 0.3) is 10.1 Å². The molecule has 2 aromatic rings. The molecule has 24 heavy (non-hydrogen) atoms. The average Bonchev–Trinajstić information content (AvgIpc) is 3.24. The van der Waals surface area contributed by atoms with Crippen molar-refractivity contribution in [2.45, 2.75) is 51.1 Å². The number of carbonyl (C=O) groups excluding carboxylic acids is 1. The molecular weight excluding hydrogens is 316 g/mol. The lowest BCUT2D eigenvalue weighted by atomic mass is 9.77. The summed E-state index contributed by atoms with van der Waals surface area (Å²) in [6.45, 7) is 6.76. The van der Waals surface area contributed by atoms with E-state index in [1.54, 1.807) is 11.3 Å². The monoisotopic (exact) mass is 340 g/mol. The summed E-state index contributed by atoms with van der Waals surface area (Å²) in [6.07, 6.45) is 5.02. The van der Waals surface area contributed by atoms with Crippen LogP contribution in [0.1, 0.15) is 46.5 Å². The number of carbonyl (C=O) groups is 1. The number of benzene rings is 1. The number of rotatable bonds is 2. The van der Waals surface area contributed by atoms with Crippen LogP contribution in [-0.4, -0.2) is 35.5 Å². The van der Waals surface area contributed by atoms with Crippen LogP contribution in [0.3, 0.4) is 0 Å². The fourth-order valence-electron chi connectivity index (χ4n) is 4.99. The summed E-state index contributed by atoms with van der Waals surface area (Å²) in [5, 5.41) is 4.64. The Bertz CT molecular complexity index is 828. The smallest absolute Gasteiger partial charge is 0.261 e. The zero-order valence-electron chi connectivity index (χ0n) is 14.4. The van der Waals surface area contributed by atoms with Crippen LogP contribution in [0.15, 0.2) is 18.2 Å². The van der Waals surface area contributed by atoms with Crippen molar-refractivity contribution in [3.8, 4) is 0 Å². The van der Waals surface area contributed by atoms with E-state index in [4.69, 9.17) is 0 Å². The normalized spacial score (nSPS) is 30.0. The summed E-state index contributed by atoms with van der Waals surface area (Å²) in [6, 6.07) is 6.73. The minimum atomic E-state index is 0.137. The van der Waals surface area contributed by atoms with Gasteiger partial charge in [0.1, 0.15) is 0 Å². The number of aryl methyl sites for hydroxylation is 2. The SMILES string of the molecule is Cc1ccc2cc(C(=O)N[C@H]3C4CCN(CC4)C34CC4)sc2c1C. The number of nitrogens with one attached hydrogen (secondary N) is 1.